The van der Waals surface area contributed by atoms with Crippen molar-refractivity contribution in [3.63, 3.8) is 0 Å². The monoisotopic (exact) mass is 145 g/mol. The van der Waals surface area contributed by atoms with Crippen molar-refractivity contribution in [1.82, 2.24) is 0 Å². The first-order valence-corrected chi connectivity index (χ1v) is 4.01. The molecule has 0 aromatic carbocycles. The van der Waals surface area contributed by atoms with Crippen molar-refractivity contribution in [2.24, 2.45) is 5.41 Å². The molecule has 0 heterocycles. The molecular formula is C8H17S. The van der Waals surface area contributed by atoms with Gasteiger partial charge in [-0.2, -0.15) is 12.6 Å². The van der Waals surface area contributed by atoms with E-state index in [-0.39, 0.29) is 0 Å². The van der Waals surface area contributed by atoms with Crippen LogP contribution in [0.15, 0.2) is 0 Å². The second kappa shape index (κ2) is 3.50. The molecule has 0 spiro atoms. The molecule has 1 heteroatoms. The molecular weight excluding hydrogens is 128 g/mol. The van der Waals surface area contributed by atoms with E-state index in [0.29, 0.717) is 5.41 Å². The number of hydrogen-bond donors (Lipinski definition) is 1. The Balaban J connectivity index is 3.47. The normalized spacial score (nSPS) is 12.7. The van der Waals surface area contributed by atoms with Gasteiger partial charge in [-0.05, 0) is 23.5 Å². The SMILES string of the molecule is C[C](CS)CC(C)(C)C. The lowest BCUT2D eigenvalue weighted by molar-refractivity contribution is 0.390. The van der Waals surface area contributed by atoms with Crippen molar-refractivity contribution >= 4 is 12.6 Å². The van der Waals surface area contributed by atoms with E-state index in [0.717, 1.165) is 5.75 Å². The van der Waals surface area contributed by atoms with Gasteiger partial charge in [-0.25, -0.2) is 0 Å². The lowest BCUT2D eigenvalue weighted by Gasteiger charge is -2.21. The van der Waals surface area contributed by atoms with E-state index in [9.17, 15) is 0 Å². The Kier molecular flexibility index (Phi) is 3.64. The van der Waals surface area contributed by atoms with Crippen LogP contribution in [-0.2, 0) is 0 Å². The highest BCUT2D eigenvalue weighted by molar-refractivity contribution is 7.80. The summed E-state index contributed by atoms with van der Waals surface area (Å²) < 4.78 is 0. The molecule has 0 aromatic rings. The summed E-state index contributed by atoms with van der Waals surface area (Å²) in [5, 5.41) is 0. The molecule has 0 amide bonds. The molecule has 0 saturated heterocycles. The molecule has 0 rings (SSSR count). The summed E-state index contributed by atoms with van der Waals surface area (Å²) in [6.07, 6.45) is 1.19. The highest BCUT2D eigenvalue weighted by Gasteiger charge is 2.13. The third-order valence-corrected chi connectivity index (χ3v) is 1.64. The predicted molar refractivity (Wildman–Crippen MR) is 46.8 cm³/mol. The fourth-order valence-electron chi connectivity index (χ4n) is 0.961. The number of thiol groups is 1. The van der Waals surface area contributed by atoms with Crippen LogP contribution in [0, 0.1) is 11.3 Å². The van der Waals surface area contributed by atoms with Crippen molar-refractivity contribution in [2.75, 3.05) is 5.75 Å². The molecule has 9 heavy (non-hydrogen) atoms. The van der Waals surface area contributed by atoms with Crippen LogP contribution in [0.2, 0.25) is 0 Å². The molecule has 0 aliphatic rings. The second-order valence-corrected chi connectivity index (χ2v) is 4.17. The van der Waals surface area contributed by atoms with Gasteiger partial charge in [0.1, 0.15) is 0 Å². The Hall–Kier alpha value is 0.350. The van der Waals surface area contributed by atoms with Gasteiger partial charge < -0.3 is 0 Å². The van der Waals surface area contributed by atoms with E-state index in [4.69, 9.17) is 0 Å². The zero-order chi connectivity index (χ0) is 7.49. The Labute approximate surface area is 64.4 Å². The molecule has 0 bridgehead atoms. The van der Waals surface area contributed by atoms with E-state index >= 15 is 0 Å². The van der Waals surface area contributed by atoms with E-state index in [1.165, 1.54) is 12.3 Å². The zero-order valence-electron chi connectivity index (χ0n) is 6.86. The summed E-state index contributed by atoms with van der Waals surface area (Å²) in [7, 11) is 0. The Morgan fingerprint density at radius 2 is 1.78 bits per heavy atom. The largest absolute Gasteiger partial charge is 0.179 e. The van der Waals surface area contributed by atoms with Crippen LogP contribution in [0.1, 0.15) is 34.1 Å². The molecule has 0 N–H and O–H groups in total. The fourth-order valence-corrected chi connectivity index (χ4v) is 1.07. The van der Waals surface area contributed by atoms with Gasteiger partial charge in [0.2, 0.25) is 0 Å². The molecule has 0 unspecified atom stereocenters. The first kappa shape index (κ1) is 9.35. The molecule has 0 saturated carbocycles. The summed E-state index contributed by atoms with van der Waals surface area (Å²) in [6.45, 7) is 8.91. The van der Waals surface area contributed by atoms with E-state index in [1.54, 1.807) is 0 Å². The van der Waals surface area contributed by atoms with Gasteiger partial charge in [-0.3, -0.25) is 0 Å². The van der Waals surface area contributed by atoms with Crippen molar-refractivity contribution in [2.45, 2.75) is 34.1 Å². The van der Waals surface area contributed by atoms with Crippen LogP contribution in [0.5, 0.6) is 0 Å². The van der Waals surface area contributed by atoms with Crippen molar-refractivity contribution < 1.29 is 0 Å². The maximum Gasteiger partial charge on any atom is -0.00381 e. The molecule has 1 radical (unpaired) electrons. The van der Waals surface area contributed by atoms with Gasteiger partial charge >= 0.3 is 0 Å². The van der Waals surface area contributed by atoms with Gasteiger partial charge in [-0.1, -0.05) is 27.7 Å². The third-order valence-electron chi connectivity index (χ3n) is 1.10. The Morgan fingerprint density at radius 1 is 1.33 bits per heavy atom. The van der Waals surface area contributed by atoms with Crippen molar-refractivity contribution in [1.29, 1.82) is 0 Å². The van der Waals surface area contributed by atoms with Crippen LogP contribution in [-0.4, -0.2) is 5.75 Å². The van der Waals surface area contributed by atoms with Crippen LogP contribution in [0.4, 0.5) is 0 Å². The Morgan fingerprint density at radius 3 is 1.89 bits per heavy atom. The van der Waals surface area contributed by atoms with E-state index in [1.807, 2.05) is 0 Å². The van der Waals surface area contributed by atoms with E-state index < -0.39 is 0 Å². The van der Waals surface area contributed by atoms with Crippen molar-refractivity contribution in [3.05, 3.63) is 5.92 Å². The van der Waals surface area contributed by atoms with Crippen LogP contribution in [0.25, 0.3) is 0 Å². The number of rotatable bonds is 2. The molecule has 55 valence electrons. The molecule has 0 atom stereocenters. The third kappa shape index (κ3) is 6.23. The fraction of sp³-hybridized carbons (Fsp3) is 0.875. The molecule has 0 aliphatic carbocycles. The minimum Gasteiger partial charge on any atom is -0.179 e. The van der Waals surface area contributed by atoms with Gasteiger partial charge in [0.15, 0.2) is 0 Å². The highest BCUT2D eigenvalue weighted by atomic mass is 32.1. The highest BCUT2D eigenvalue weighted by Crippen LogP contribution is 2.25. The minimum absolute atomic E-state index is 0.437. The van der Waals surface area contributed by atoms with Crippen LogP contribution >= 0.6 is 12.6 Å². The smallest absolute Gasteiger partial charge is 0.00381 e. The Bertz CT molecular complexity index is 71.1. The quantitative estimate of drug-likeness (QED) is 0.567. The molecule has 0 fully saturated rings. The first-order chi connectivity index (χ1) is 3.95. The lowest BCUT2D eigenvalue weighted by Crippen LogP contribution is -2.10. The second-order valence-electron chi connectivity index (χ2n) is 3.85. The topological polar surface area (TPSA) is 0 Å². The number of hydrogen-bond acceptors (Lipinski definition) is 1. The molecule has 0 aliphatic heterocycles. The first-order valence-electron chi connectivity index (χ1n) is 3.38. The maximum atomic E-state index is 4.19. The average molecular weight is 145 g/mol. The van der Waals surface area contributed by atoms with Gasteiger partial charge in [0, 0.05) is 0 Å². The minimum atomic E-state index is 0.437. The summed E-state index contributed by atoms with van der Waals surface area (Å²) in [5.74, 6) is 2.41. The predicted octanol–water partition coefficient (Wildman–Crippen LogP) is 2.95. The van der Waals surface area contributed by atoms with Crippen LogP contribution in [0.3, 0.4) is 0 Å². The van der Waals surface area contributed by atoms with E-state index in [2.05, 4.69) is 40.3 Å². The zero-order valence-corrected chi connectivity index (χ0v) is 7.76. The maximum absolute atomic E-state index is 4.19. The average Bonchev–Trinajstić information content (AvgIpc) is 1.62. The lowest BCUT2D eigenvalue weighted by atomic mass is 9.86. The summed E-state index contributed by atoms with van der Waals surface area (Å²) in [5.41, 5.74) is 0.437. The van der Waals surface area contributed by atoms with Crippen LogP contribution < -0.4 is 0 Å². The van der Waals surface area contributed by atoms with Gasteiger partial charge in [-0.15, -0.1) is 0 Å². The van der Waals surface area contributed by atoms with Crippen molar-refractivity contribution in [3.8, 4) is 0 Å². The molecule has 0 aromatic heterocycles. The van der Waals surface area contributed by atoms with Gasteiger partial charge in [0.25, 0.3) is 0 Å². The molecule has 0 nitrogen and oxygen atoms in total. The standard InChI is InChI=1S/C8H17S/c1-7(6-9)5-8(2,3)4/h9H,5-6H2,1-4H3. The summed E-state index contributed by atoms with van der Waals surface area (Å²) in [4.78, 5) is 0. The van der Waals surface area contributed by atoms with Gasteiger partial charge in [0.05, 0.1) is 0 Å². The summed E-state index contributed by atoms with van der Waals surface area (Å²) >= 11 is 4.19. The summed E-state index contributed by atoms with van der Waals surface area (Å²) in [6, 6.07) is 0.